The summed E-state index contributed by atoms with van der Waals surface area (Å²) < 4.78 is 0. The third-order valence-electron chi connectivity index (χ3n) is 3.00. The number of hydrogen-bond acceptors (Lipinski definition) is 3. The van der Waals surface area contributed by atoms with Crippen LogP contribution in [0.15, 0.2) is 18.2 Å². The normalized spacial score (nSPS) is 10.0. The number of aryl methyl sites for hydroxylation is 2. The first-order valence-electron chi connectivity index (χ1n) is 6.87. The van der Waals surface area contributed by atoms with Crippen molar-refractivity contribution in [1.29, 1.82) is 0 Å². The average Bonchev–Trinajstić information content (AvgIpc) is 2.36. The monoisotopic (exact) mass is 277 g/mol. The first-order valence-corrected chi connectivity index (χ1v) is 6.87. The largest absolute Gasteiger partial charge is 0.362 e. The van der Waals surface area contributed by atoms with Gasteiger partial charge in [0.1, 0.15) is 0 Å². The minimum Gasteiger partial charge on any atom is -0.362 e. The number of likely N-dealkylation sites (N-methyl/N-ethyl adjacent to an activating group) is 1. The Morgan fingerprint density at radius 3 is 2.45 bits per heavy atom. The van der Waals surface area contributed by atoms with E-state index in [2.05, 4.69) is 16.7 Å². The van der Waals surface area contributed by atoms with Crippen molar-refractivity contribution in [3.63, 3.8) is 0 Å². The molecule has 1 aromatic rings. The van der Waals surface area contributed by atoms with Crippen molar-refractivity contribution in [3.05, 3.63) is 29.3 Å². The maximum Gasteiger partial charge on any atom is 0.321 e. The van der Waals surface area contributed by atoms with Crippen LogP contribution in [-0.4, -0.2) is 31.6 Å². The minimum atomic E-state index is -0.450. The SMILES string of the molecule is CCNC(=O)NC(=O)CN(CC)c1ccc(C)cc1C. The van der Waals surface area contributed by atoms with Gasteiger partial charge >= 0.3 is 6.03 Å². The van der Waals surface area contributed by atoms with Crippen molar-refractivity contribution in [2.45, 2.75) is 27.7 Å². The molecule has 20 heavy (non-hydrogen) atoms. The third-order valence-corrected chi connectivity index (χ3v) is 3.00. The van der Waals surface area contributed by atoms with E-state index >= 15 is 0 Å². The Morgan fingerprint density at radius 2 is 1.90 bits per heavy atom. The first kappa shape index (κ1) is 16.0. The Hall–Kier alpha value is -2.04. The molecule has 2 N–H and O–H groups in total. The van der Waals surface area contributed by atoms with Crippen LogP contribution in [0.4, 0.5) is 10.5 Å². The second-order valence-corrected chi connectivity index (χ2v) is 4.71. The van der Waals surface area contributed by atoms with Gasteiger partial charge < -0.3 is 10.2 Å². The molecule has 0 aliphatic heterocycles. The summed E-state index contributed by atoms with van der Waals surface area (Å²) in [5, 5.41) is 4.85. The fraction of sp³-hybridized carbons (Fsp3) is 0.467. The van der Waals surface area contributed by atoms with Crippen LogP contribution in [0.3, 0.4) is 0 Å². The molecule has 5 nitrogen and oxygen atoms in total. The van der Waals surface area contributed by atoms with Gasteiger partial charge in [-0.25, -0.2) is 4.79 Å². The number of nitrogens with one attached hydrogen (secondary N) is 2. The van der Waals surface area contributed by atoms with E-state index < -0.39 is 6.03 Å². The molecule has 0 saturated carbocycles. The Bertz CT molecular complexity index is 486. The predicted molar refractivity (Wildman–Crippen MR) is 81.0 cm³/mol. The number of hydrogen-bond donors (Lipinski definition) is 2. The van der Waals surface area contributed by atoms with Crippen LogP contribution in [0.1, 0.15) is 25.0 Å². The molecule has 3 amide bonds. The van der Waals surface area contributed by atoms with Crippen molar-refractivity contribution < 1.29 is 9.59 Å². The van der Waals surface area contributed by atoms with Gasteiger partial charge in [0, 0.05) is 18.8 Å². The van der Waals surface area contributed by atoms with Crippen LogP contribution in [0.2, 0.25) is 0 Å². The van der Waals surface area contributed by atoms with E-state index in [1.807, 2.05) is 37.8 Å². The van der Waals surface area contributed by atoms with E-state index in [9.17, 15) is 9.59 Å². The van der Waals surface area contributed by atoms with Gasteiger partial charge in [-0.15, -0.1) is 0 Å². The Balaban J connectivity index is 2.72. The molecule has 1 aromatic carbocycles. The molecule has 0 heterocycles. The van der Waals surface area contributed by atoms with Crippen molar-refractivity contribution in [1.82, 2.24) is 10.6 Å². The predicted octanol–water partition coefficient (Wildman–Crippen LogP) is 1.98. The highest BCUT2D eigenvalue weighted by Gasteiger charge is 2.13. The van der Waals surface area contributed by atoms with Gasteiger partial charge in [-0.3, -0.25) is 10.1 Å². The lowest BCUT2D eigenvalue weighted by Gasteiger charge is -2.24. The summed E-state index contributed by atoms with van der Waals surface area (Å²) in [6.07, 6.45) is 0. The first-order chi connectivity index (χ1) is 9.47. The molecule has 0 aliphatic carbocycles. The number of amides is 3. The van der Waals surface area contributed by atoms with E-state index in [1.165, 1.54) is 5.56 Å². The summed E-state index contributed by atoms with van der Waals surface area (Å²) in [5.41, 5.74) is 3.33. The number of carbonyl (C=O) groups excluding carboxylic acids is 2. The molecule has 0 radical (unpaired) electrons. The lowest BCUT2D eigenvalue weighted by molar-refractivity contribution is -0.118. The van der Waals surface area contributed by atoms with E-state index in [0.717, 1.165) is 11.3 Å². The smallest absolute Gasteiger partial charge is 0.321 e. The summed E-state index contributed by atoms with van der Waals surface area (Å²) in [6.45, 7) is 9.20. The van der Waals surface area contributed by atoms with Gasteiger partial charge in [-0.05, 0) is 39.3 Å². The fourth-order valence-electron chi connectivity index (χ4n) is 2.07. The van der Waals surface area contributed by atoms with Gasteiger partial charge in [-0.2, -0.15) is 0 Å². The third kappa shape index (κ3) is 4.57. The second-order valence-electron chi connectivity index (χ2n) is 4.71. The number of imide groups is 1. The number of benzene rings is 1. The van der Waals surface area contributed by atoms with Gasteiger partial charge in [0.2, 0.25) is 5.91 Å². The van der Waals surface area contributed by atoms with Gasteiger partial charge in [0.15, 0.2) is 0 Å². The maximum absolute atomic E-state index is 11.8. The van der Waals surface area contributed by atoms with Crippen molar-refractivity contribution >= 4 is 17.6 Å². The van der Waals surface area contributed by atoms with E-state index in [4.69, 9.17) is 0 Å². The highest BCUT2D eigenvalue weighted by molar-refractivity contribution is 5.96. The van der Waals surface area contributed by atoms with E-state index in [1.54, 1.807) is 6.92 Å². The van der Waals surface area contributed by atoms with Crippen LogP contribution in [0, 0.1) is 13.8 Å². The zero-order chi connectivity index (χ0) is 15.1. The molecule has 5 heteroatoms. The molecule has 1 rings (SSSR count). The summed E-state index contributed by atoms with van der Waals surface area (Å²) in [5.74, 6) is -0.308. The maximum atomic E-state index is 11.8. The molecule has 0 unspecified atom stereocenters. The quantitative estimate of drug-likeness (QED) is 0.865. The molecule has 0 bridgehead atoms. The minimum absolute atomic E-state index is 0.164. The Morgan fingerprint density at radius 1 is 1.20 bits per heavy atom. The van der Waals surface area contributed by atoms with Crippen molar-refractivity contribution in [2.75, 3.05) is 24.5 Å². The zero-order valence-corrected chi connectivity index (χ0v) is 12.6. The number of nitrogens with zero attached hydrogens (tertiary/aromatic N) is 1. The average molecular weight is 277 g/mol. The van der Waals surface area contributed by atoms with Crippen LogP contribution in [-0.2, 0) is 4.79 Å². The lowest BCUT2D eigenvalue weighted by Crippen LogP contribution is -2.44. The number of carbonyl (C=O) groups is 2. The molecule has 0 saturated heterocycles. The number of anilines is 1. The Kier molecular flexibility index (Phi) is 6.03. The summed E-state index contributed by atoms with van der Waals surface area (Å²) in [6, 6.07) is 5.66. The highest BCUT2D eigenvalue weighted by atomic mass is 16.2. The van der Waals surface area contributed by atoms with E-state index in [0.29, 0.717) is 13.1 Å². The molecule has 0 atom stereocenters. The molecule has 0 spiro atoms. The van der Waals surface area contributed by atoms with Gasteiger partial charge in [0.05, 0.1) is 6.54 Å². The summed E-state index contributed by atoms with van der Waals surface area (Å²) >= 11 is 0. The molecule has 0 aromatic heterocycles. The number of urea groups is 1. The zero-order valence-electron chi connectivity index (χ0n) is 12.6. The van der Waals surface area contributed by atoms with Crippen LogP contribution in [0.25, 0.3) is 0 Å². The van der Waals surface area contributed by atoms with Gasteiger partial charge in [0.25, 0.3) is 0 Å². The van der Waals surface area contributed by atoms with Crippen LogP contribution >= 0.6 is 0 Å². The molecule has 0 fully saturated rings. The molecular weight excluding hydrogens is 254 g/mol. The summed E-state index contributed by atoms with van der Waals surface area (Å²) in [7, 11) is 0. The second kappa shape index (κ2) is 7.53. The molecular formula is C15H23N3O2. The molecule has 110 valence electrons. The van der Waals surface area contributed by atoms with Gasteiger partial charge in [-0.1, -0.05) is 17.7 Å². The van der Waals surface area contributed by atoms with E-state index in [-0.39, 0.29) is 12.5 Å². The standard InChI is InChI=1S/C15H23N3O2/c1-5-16-15(20)17-14(19)10-18(6-2)13-8-7-11(3)9-12(13)4/h7-9H,5-6,10H2,1-4H3,(H2,16,17,19,20). The fourth-order valence-corrected chi connectivity index (χ4v) is 2.07. The summed E-state index contributed by atoms with van der Waals surface area (Å²) in [4.78, 5) is 25.1. The topological polar surface area (TPSA) is 61.4 Å². The Labute approximate surface area is 120 Å². The van der Waals surface area contributed by atoms with Crippen molar-refractivity contribution in [2.24, 2.45) is 0 Å². The van der Waals surface area contributed by atoms with Crippen LogP contribution in [0.5, 0.6) is 0 Å². The highest BCUT2D eigenvalue weighted by Crippen LogP contribution is 2.20. The van der Waals surface area contributed by atoms with Crippen molar-refractivity contribution in [3.8, 4) is 0 Å². The van der Waals surface area contributed by atoms with Crippen LogP contribution < -0.4 is 15.5 Å². The molecule has 0 aliphatic rings. The number of rotatable bonds is 5. The lowest BCUT2D eigenvalue weighted by atomic mass is 10.1.